The fraction of sp³-hybridized carbons (Fsp3) is 0.0588. The average Bonchev–Trinajstić information content (AvgIpc) is 2.48. The minimum atomic E-state index is 0.322. The van der Waals surface area contributed by atoms with Gasteiger partial charge in [0.2, 0.25) is 0 Å². The summed E-state index contributed by atoms with van der Waals surface area (Å²) in [5.41, 5.74) is 1.93. The Hall–Kier alpha value is -2.00. The van der Waals surface area contributed by atoms with Gasteiger partial charge >= 0.3 is 0 Å². The molecule has 0 saturated carbocycles. The summed E-state index contributed by atoms with van der Waals surface area (Å²) in [7, 11) is 0. The van der Waals surface area contributed by atoms with Gasteiger partial charge in [-0.05, 0) is 44.9 Å². The molecule has 3 aromatic carbocycles. The first kappa shape index (κ1) is 13.0. The minimum Gasteiger partial charge on any atom is -0.508 e. The molecule has 2 nitrogen and oxygen atoms in total. The first-order valence-electron chi connectivity index (χ1n) is 6.44. The van der Waals surface area contributed by atoms with Crippen molar-refractivity contribution in [3.8, 4) is 5.75 Å². The van der Waals surface area contributed by atoms with Crippen molar-refractivity contribution in [3.05, 3.63) is 70.7 Å². The number of hydrogen-bond acceptors (Lipinski definition) is 2. The van der Waals surface area contributed by atoms with Crippen LogP contribution in [0.3, 0.4) is 0 Å². The van der Waals surface area contributed by atoms with Crippen LogP contribution in [-0.2, 0) is 6.54 Å². The molecule has 3 aromatic rings. The third-order valence-electron chi connectivity index (χ3n) is 3.35. The Morgan fingerprint density at radius 1 is 0.900 bits per heavy atom. The van der Waals surface area contributed by atoms with Crippen molar-refractivity contribution in [2.24, 2.45) is 0 Å². The van der Waals surface area contributed by atoms with Crippen LogP contribution < -0.4 is 5.32 Å². The average molecular weight is 328 g/mol. The molecule has 0 fully saturated rings. The van der Waals surface area contributed by atoms with Crippen LogP contribution in [-0.4, -0.2) is 5.11 Å². The van der Waals surface area contributed by atoms with Crippen molar-refractivity contribution in [3.63, 3.8) is 0 Å². The Balaban J connectivity index is 1.95. The molecule has 20 heavy (non-hydrogen) atoms. The van der Waals surface area contributed by atoms with E-state index < -0.39 is 0 Å². The second-order valence-electron chi connectivity index (χ2n) is 4.62. The summed E-state index contributed by atoms with van der Waals surface area (Å²) in [6.45, 7) is 0.579. The van der Waals surface area contributed by atoms with Crippen molar-refractivity contribution in [1.82, 2.24) is 0 Å². The van der Waals surface area contributed by atoms with E-state index >= 15 is 0 Å². The molecule has 0 aliphatic rings. The molecular formula is C17H14BrNO. The van der Waals surface area contributed by atoms with Crippen molar-refractivity contribution in [1.29, 1.82) is 0 Å². The number of phenols is 1. The smallest absolute Gasteiger partial charge is 0.121 e. The monoisotopic (exact) mass is 327 g/mol. The van der Waals surface area contributed by atoms with E-state index in [1.807, 2.05) is 48.5 Å². The SMILES string of the molecule is Oc1ccc2ccccc2c1CNc1ccccc1Br. The highest BCUT2D eigenvalue weighted by atomic mass is 79.9. The van der Waals surface area contributed by atoms with E-state index in [9.17, 15) is 5.11 Å². The Labute approximate surface area is 126 Å². The lowest BCUT2D eigenvalue weighted by molar-refractivity contribution is 0.470. The van der Waals surface area contributed by atoms with Crippen LogP contribution in [0.5, 0.6) is 5.75 Å². The maximum atomic E-state index is 10.1. The number of para-hydroxylation sites is 1. The lowest BCUT2D eigenvalue weighted by atomic mass is 10.0. The predicted octanol–water partition coefficient (Wildman–Crippen LogP) is 4.92. The Kier molecular flexibility index (Phi) is 3.61. The number of anilines is 1. The molecule has 0 bridgehead atoms. The molecule has 0 aliphatic heterocycles. The van der Waals surface area contributed by atoms with E-state index in [1.165, 1.54) is 0 Å². The van der Waals surface area contributed by atoms with E-state index in [-0.39, 0.29) is 0 Å². The Bertz CT molecular complexity index is 755. The van der Waals surface area contributed by atoms with E-state index in [0.29, 0.717) is 12.3 Å². The first-order valence-corrected chi connectivity index (χ1v) is 7.23. The van der Waals surface area contributed by atoms with Gasteiger partial charge in [0.25, 0.3) is 0 Å². The lowest BCUT2D eigenvalue weighted by Gasteiger charge is -2.12. The van der Waals surface area contributed by atoms with Crippen LogP contribution in [0.4, 0.5) is 5.69 Å². The van der Waals surface area contributed by atoms with Gasteiger partial charge in [0.15, 0.2) is 0 Å². The normalized spacial score (nSPS) is 10.7. The molecule has 2 N–H and O–H groups in total. The quantitative estimate of drug-likeness (QED) is 0.715. The van der Waals surface area contributed by atoms with Gasteiger partial charge in [-0.1, -0.05) is 42.5 Å². The van der Waals surface area contributed by atoms with Crippen LogP contribution in [0.2, 0.25) is 0 Å². The summed E-state index contributed by atoms with van der Waals surface area (Å²) in [5, 5.41) is 15.7. The number of halogens is 1. The van der Waals surface area contributed by atoms with Gasteiger partial charge in [0.05, 0.1) is 0 Å². The molecule has 0 heterocycles. The topological polar surface area (TPSA) is 32.3 Å². The molecule has 3 heteroatoms. The standard InChI is InChI=1S/C17H14BrNO/c18-15-7-3-4-8-16(15)19-11-14-13-6-2-1-5-12(13)9-10-17(14)20/h1-10,19-20H,11H2. The molecule has 0 saturated heterocycles. The summed E-state index contributed by atoms with van der Waals surface area (Å²) in [5.74, 6) is 0.322. The van der Waals surface area contributed by atoms with Crippen molar-refractivity contribution < 1.29 is 5.11 Å². The lowest BCUT2D eigenvalue weighted by Crippen LogP contribution is -2.01. The number of rotatable bonds is 3. The zero-order chi connectivity index (χ0) is 13.9. The summed E-state index contributed by atoms with van der Waals surface area (Å²) in [6, 6.07) is 19.7. The Morgan fingerprint density at radius 2 is 1.65 bits per heavy atom. The van der Waals surface area contributed by atoms with Gasteiger partial charge < -0.3 is 10.4 Å². The fourth-order valence-electron chi connectivity index (χ4n) is 2.30. The number of fused-ring (bicyclic) bond motifs is 1. The molecular weight excluding hydrogens is 314 g/mol. The molecule has 0 aromatic heterocycles. The summed E-state index contributed by atoms with van der Waals surface area (Å²) >= 11 is 3.51. The third kappa shape index (κ3) is 2.49. The molecule has 100 valence electrons. The van der Waals surface area contributed by atoms with Gasteiger partial charge in [0.1, 0.15) is 5.75 Å². The maximum absolute atomic E-state index is 10.1. The number of nitrogens with one attached hydrogen (secondary N) is 1. The van der Waals surface area contributed by atoms with Crippen molar-refractivity contribution >= 4 is 32.4 Å². The van der Waals surface area contributed by atoms with E-state index in [4.69, 9.17) is 0 Å². The zero-order valence-electron chi connectivity index (χ0n) is 10.8. The van der Waals surface area contributed by atoms with Crippen LogP contribution in [0.1, 0.15) is 5.56 Å². The second kappa shape index (κ2) is 5.55. The second-order valence-corrected chi connectivity index (χ2v) is 5.47. The summed E-state index contributed by atoms with van der Waals surface area (Å²) in [6.07, 6.45) is 0. The number of aromatic hydroxyl groups is 1. The molecule has 0 radical (unpaired) electrons. The number of phenolic OH excluding ortho intramolecular Hbond substituents is 1. The number of hydrogen-bond donors (Lipinski definition) is 2. The molecule has 0 spiro atoms. The van der Waals surface area contributed by atoms with Gasteiger partial charge in [0, 0.05) is 22.3 Å². The van der Waals surface area contributed by atoms with Crippen molar-refractivity contribution in [2.45, 2.75) is 6.54 Å². The van der Waals surface area contributed by atoms with Crippen LogP contribution in [0, 0.1) is 0 Å². The predicted molar refractivity (Wildman–Crippen MR) is 87.1 cm³/mol. The van der Waals surface area contributed by atoms with Crippen molar-refractivity contribution in [2.75, 3.05) is 5.32 Å². The van der Waals surface area contributed by atoms with Gasteiger partial charge in [-0.15, -0.1) is 0 Å². The van der Waals surface area contributed by atoms with Gasteiger partial charge in [-0.3, -0.25) is 0 Å². The zero-order valence-corrected chi connectivity index (χ0v) is 12.4. The first-order chi connectivity index (χ1) is 9.75. The van der Waals surface area contributed by atoms with E-state index in [0.717, 1.165) is 26.5 Å². The molecule has 0 aliphatic carbocycles. The van der Waals surface area contributed by atoms with E-state index in [2.05, 4.69) is 27.3 Å². The third-order valence-corrected chi connectivity index (χ3v) is 4.04. The van der Waals surface area contributed by atoms with Crippen LogP contribution >= 0.6 is 15.9 Å². The summed E-state index contributed by atoms with van der Waals surface area (Å²) in [4.78, 5) is 0. The minimum absolute atomic E-state index is 0.322. The largest absolute Gasteiger partial charge is 0.508 e. The van der Waals surface area contributed by atoms with Gasteiger partial charge in [-0.2, -0.15) is 0 Å². The highest BCUT2D eigenvalue weighted by Crippen LogP contribution is 2.29. The van der Waals surface area contributed by atoms with E-state index in [1.54, 1.807) is 6.07 Å². The maximum Gasteiger partial charge on any atom is 0.121 e. The highest BCUT2D eigenvalue weighted by Gasteiger charge is 2.07. The summed E-state index contributed by atoms with van der Waals surface area (Å²) < 4.78 is 1.01. The molecule has 0 amide bonds. The van der Waals surface area contributed by atoms with Crippen LogP contribution in [0.25, 0.3) is 10.8 Å². The molecule has 3 rings (SSSR count). The van der Waals surface area contributed by atoms with Crippen LogP contribution in [0.15, 0.2) is 65.1 Å². The fourth-order valence-corrected chi connectivity index (χ4v) is 2.72. The number of benzene rings is 3. The molecule has 0 unspecified atom stereocenters. The molecule has 0 atom stereocenters. The highest BCUT2D eigenvalue weighted by molar-refractivity contribution is 9.10. The Morgan fingerprint density at radius 3 is 2.50 bits per heavy atom. The van der Waals surface area contributed by atoms with Gasteiger partial charge in [-0.25, -0.2) is 0 Å².